The first-order chi connectivity index (χ1) is 16.2. The number of sulfonamides is 1. The summed E-state index contributed by atoms with van der Waals surface area (Å²) in [6.07, 6.45) is 1.35. The molecule has 1 aromatic heterocycles. The minimum absolute atomic E-state index is 0.167. The van der Waals surface area contributed by atoms with E-state index in [-0.39, 0.29) is 22.7 Å². The van der Waals surface area contributed by atoms with Crippen LogP contribution in [0, 0.1) is 13.8 Å². The summed E-state index contributed by atoms with van der Waals surface area (Å²) in [5.41, 5.74) is 3.03. The monoisotopic (exact) mass is 502 g/mol. The van der Waals surface area contributed by atoms with Crippen LogP contribution in [-0.4, -0.2) is 43.8 Å². The Labute approximate surface area is 204 Å². The van der Waals surface area contributed by atoms with Gasteiger partial charge >= 0.3 is 0 Å². The molecule has 1 saturated heterocycles. The largest absolute Gasteiger partial charge is 0.482 e. The quantitative estimate of drug-likeness (QED) is 0.486. The molecule has 7 nitrogen and oxygen atoms in total. The van der Waals surface area contributed by atoms with E-state index in [1.165, 1.54) is 22.7 Å². The van der Waals surface area contributed by atoms with E-state index in [0.29, 0.717) is 43.5 Å². The molecule has 0 bridgehead atoms. The number of ether oxygens (including phenoxy) is 1. The third kappa shape index (κ3) is 5.88. The van der Waals surface area contributed by atoms with Crippen LogP contribution >= 0.6 is 11.6 Å². The highest BCUT2D eigenvalue weighted by molar-refractivity contribution is 7.89. The molecule has 4 rings (SSSR count). The molecule has 1 aliphatic heterocycles. The Morgan fingerprint density at radius 3 is 2.35 bits per heavy atom. The molecule has 2 heterocycles. The van der Waals surface area contributed by atoms with Crippen molar-refractivity contribution in [2.45, 2.75) is 31.9 Å². The number of halogens is 1. The fraction of sp³-hybridized carbons (Fsp3) is 0.320. The van der Waals surface area contributed by atoms with Crippen molar-refractivity contribution in [1.82, 2.24) is 9.21 Å². The van der Waals surface area contributed by atoms with Crippen LogP contribution in [0.4, 0.5) is 0 Å². The number of nitrogens with zero attached hydrogens (tertiary/aromatic N) is 2. The molecule has 0 radical (unpaired) electrons. The highest BCUT2D eigenvalue weighted by Gasteiger charge is 2.28. The molecule has 9 heteroatoms. The third-order valence-corrected chi connectivity index (χ3v) is 7.80. The molecule has 0 saturated carbocycles. The van der Waals surface area contributed by atoms with E-state index >= 15 is 0 Å². The van der Waals surface area contributed by atoms with Crippen LogP contribution in [0.3, 0.4) is 0 Å². The fourth-order valence-corrected chi connectivity index (χ4v) is 5.79. The summed E-state index contributed by atoms with van der Waals surface area (Å²) >= 11 is 5.95. The van der Waals surface area contributed by atoms with E-state index in [1.54, 1.807) is 18.2 Å². The minimum atomic E-state index is -3.60. The second-order valence-corrected chi connectivity index (χ2v) is 10.9. The van der Waals surface area contributed by atoms with Crippen molar-refractivity contribution in [1.29, 1.82) is 0 Å². The molecule has 0 amide bonds. The van der Waals surface area contributed by atoms with Gasteiger partial charge in [-0.3, -0.25) is 9.69 Å². The summed E-state index contributed by atoms with van der Waals surface area (Å²) in [5.74, 6) is 0.676. The number of hydrogen-bond donors (Lipinski definition) is 0. The first kappa shape index (κ1) is 24.5. The Morgan fingerprint density at radius 2 is 1.71 bits per heavy atom. The summed E-state index contributed by atoms with van der Waals surface area (Å²) in [6, 6.07) is 13.8. The van der Waals surface area contributed by atoms with Gasteiger partial charge in [0, 0.05) is 37.3 Å². The second kappa shape index (κ2) is 10.3. The number of rotatable bonds is 7. The lowest BCUT2D eigenvalue weighted by Crippen LogP contribution is -2.48. The van der Waals surface area contributed by atoms with E-state index in [0.717, 1.165) is 16.7 Å². The van der Waals surface area contributed by atoms with Gasteiger partial charge in [0.05, 0.1) is 11.4 Å². The van der Waals surface area contributed by atoms with Crippen LogP contribution in [-0.2, 0) is 23.2 Å². The standard InChI is InChI=1S/C25H27ClN2O5S/c1-18-10-19(2)12-20(11-18)16-33-25-17-32-22(14-24(25)29)15-27-6-8-28(9-7-27)34(30,31)23-5-3-4-21(26)13-23/h3-5,10-14,17H,6-9,15-16H2,1-2H3. The van der Waals surface area contributed by atoms with E-state index in [2.05, 4.69) is 11.0 Å². The Bertz CT molecular complexity index is 1310. The molecule has 0 spiro atoms. The lowest BCUT2D eigenvalue weighted by Gasteiger charge is -2.33. The number of piperazine rings is 1. The Morgan fingerprint density at radius 1 is 1.00 bits per heavy atom. The fourth-order valence-electron chi connectivity index (χ4n) is 4.07. The lowest BCUT2D eigenvalue weighted by molar-refractivity contribution is 0.169. The molecule has 0 unspecified atom stereocenters. The van der Waals surface area contributed by atoms with Gasteiger partial charge in [-0.1, -0.05) is 47.0 Å². The first-order valence-corrected chi connectivity index (χ1v) is 12.8. The zero-order valence-corrected chi connectivity index (χ0v) is 20.7. The molecule has 1 aliphatic rings. The van der Waals surface area contributed by atoms with Gasteiger partial charge in [0.25, 0.3) is 0 Å². The highest BCUT2D eigenvalue weighted by atomic mass is 35.5. The Kier molecular flexibility index (Phi) is 7.42. The van der Waals surface area contributed by atoms with Gasteiger partial charge in [0.15, 0.2) is 0 Å². The van der Waals surface area contributed by atoms with Crippen molar-refractivity contribution in [3.63, 3.8) is 0 Å². The maximum atomic E-state index is 12.9. The van der Waals surface area contributed by atoms with E-state index in [1.807, 2.05) is 26.0 Å². The van der Waals surface area contributed by atoms with Crippen LogP contribution in [0.1, 0.15) is 22.5 Å². The molecule has 0 N–H and O–H groups in total. The second-order valence-electron chi connectivity index (χ2n) is 8.50. The van der Waals surface area contributed by atoms with E-state index in [9.17, 15) is 13.2 Å². The molecule has 180 valence electrons. The van der Waals surface area contributed by atoms with E-state index < -0.39 is 10.0 Å². The van der Waals surface area contributed by atoms with E-state index in [4.69, 9.17) is 20.8 Å². The summed E-state index contributed by atoms with van der Waals surface area (Å²) in [5, 5.41) is 0.385. The maximum absolute atomic E-state index is 12.9. The van der Waals surface area contributed by atoms with Gasteiger partial charge < -0.3 is 9.15 Å². The molecule has 3 aromatic rings. The van der Waals surface area contributed by atoms with Gasteiger partial charge in [0.2, 0.25) is 21.2 Å². The molecule has 2 aromatic carbocycles. The average Bonchev–Trinajstić information content (AvgIpc) is 2.78. The summed E-state index contributed by atoms with van der Waals surface area (Å²) < 4.78 is 38.5. The smallest absolute Gasteiger partial charge is 0.243 e. The van der Waals surface area contributed by atoms with Crippen LogP contribution in [0.25, 0.3) is 0 Å². The zero-order valence-electron chi connectivity index (χ0n) is 19.2. The predicted octanol–water partition coefficient (Wildman–Crippen LogP) is 4.00. The SMILES string of the molecule is Cc1cc(C)cc(COc2coc(CN3CCN(S(=O)(=O)c4cccc(Cl)c4)CC3)cc2=O)c1. The van der Waals surface area contributed by atoms with Crippen molar-refractivity contribution in [2.75, 3.05) is 26.2 Å². The van der Waals surface area contributed by atoms with Crippen molar-refractivity contribution in [2.24, 2.45) is 0 Å². The van der Waals surface area contributed by atoms with Gasteiger partial charge in [-0.05, 0) is 37.6 Å². The zero-order chi connectivity index (χ0) is 24.3. The molecular formula is C25H27ClN2O5S. The number of aryl methyl sites for hydroxylation is 2. The predicted molar refractivity (Wildman–Crippen MR) is 131 cm³/mol. The maximum Gasteiger partial charge on any atom is 0.243 e. The molecule has 34 heavy (non-hydrogen) atoms. The highest BCUT2D eigenvalue weighted by Crippen LogP contribution is 2.21. The van der Waals surface area contributed by atoms with Gasteiger partial charge in [0.1, 0.15) is 18.6 Å². The third-order valence-electron chi connectivity index (χ3n) is 5.67. The molecule has 0 aliphatic carbocycles. The van der Waals surface area contributed by atoms with Crippen molar-refractivity contribution < 1.29 is 17.6 Å². The van der Waals surface area contributed by atoms with Crippen LogP contribution in [0.5, 0.6) is 5.75 Å². The lowest BCUT2D eigenvalue weighted by atomic mass is 10.1. The van der Waals surface area contributed by atoms with Crippen LogP contribution in [0.15, 0.2) is 68.9 Å². The normalized spacial score (nSPS) is 15.4. The Balaban J connectivity index is 1.33. The number of hydrogen-bond acceptors (Lipinski definition) is 6. The molecule has 1 fully saturated rings. The molecule has 0 atom stereocenters. The summed E-state index contributed by atoms with van der Waals surface area (Å²) in [6.45, 7) is 6.47. The van der Waals surface area contributed by atoms with Gasteiger partial charge in [-0.2, -0.15) is 4.31 Å². The van der Waals surface area contributed by atoms with Crippen molar-refractivity contribution in [3.8, 4) is 5.75 Å². The topological polar surface area (TPSA) is 80.1 Å². The average molecular weight is 503 g/mol. The van der Waals surface area contributed by atoms with Crippen LogP contribution < -0.4 is 10.2 Å². The Hall–Kier alpha value is -2.65. The van der Waals surface area contributed by atoms with Gasteiger partial charge in [-0.15, -0.1) is 0 Å². The summed E-state index contributed by atoms with van der Waals surface area (Å²) in [7, 11) is -3.60. The number of benzene rings is 2. The van der Waals surface area contributed by atoms with Crippen LogP contribution in [0.2, 0.25) is 5.02 Å². The van der Waals surface area contributed by atoms with Gasteiger partial charge in [-0.25, -0.2) is 8.42 Å². The molecular weight excluding hydrogens is 476 g/mol. The first-order valence-electron chi connectivity index (χ1n) is 11.0. The van der Waals surface area contributed by atoms with Crippen molar-refractivity contribution >= 4 is 21.6 Å². The van der Waals surface area contributed by atoms with Crippen molar-refractivity contribution in [3.05, 3.63) is 92.5 Å². The minimum Gasteiger partial charge on any atom is -0.482 e. The summed E-state index contributed by atoms with van der Waals surface area (Å²) in [4.78, 5) is 14.7.